The van der Waals surface area contributed by atoms with Gasteiger partial charge in [-0.25, -0.2) is 4.98 Å². The molecule has 10 heteroatoms. The summed E-state index contributed by atoms with van der Waals surface area (Å²) in [6, 6.07) is 14.6. The Bertz CT molecular complexity index is 1390. The molecule has 0 aliphatic carbocycles. The van der Waals surface area contributed by atoms with E-state index in [9.17, 15) is 9.59 Å². The number of amides is 1. The lowest BCUT2D eigenvalue weighted by atomic mass is 10.1. The molecule has 0 unspecified atom stereocenters. The van der Waals surface area contributed by atoms with Crippen molar-refractivity contribution in [2.45, 2.75) is 6.54 Å². The summed E-state index contributed by atoms with van der Waals surface area (Å²) in [5.41, 5.74) is 2.43. The molecule has 1 amide bonds. The van der Waals surface area contributed by atoms with Crippen LogP contribution in [-0.4, -0.2) is 58.7 Å². The first-order valence-corrected chi connectivity index (χ1v) is 11.3. The number of carbonyl (C=O) groups is 1. The maximum Gasteiger partial charge on any atom is 0.267 e. The number of aromatic nitrogens is 3. The van der Waals surface area contributed by atoms with Crippen LogP contribution in [-0.2, 0) is 11.3 Å². The number of fused-ring (bicyclic) bond motifs is 1. The van der Waals surface area contributed by atoms with Crippen molar-refractivity contribution in [3.05, 3.63) is 70.2 Å². The van der Waals surface area contributed by atoms with E-state index in [4.69, 9.17) is 16.1 Å². The highest BCUT2D eigenvalue weighted by Gasteiger charge is 2.20. The highest BCUT2D eigenvalue weighted by atomic mass is 35.5. The predicted octanol–water partition coefficient (Wildman–Crippen LogP) is 3.10. The molecule has 2 aromatic heterocycles. The SMILES string of the molecule is CN1CCN(c2ccccc2NC(=O)Cn2cnc3onc(-c4ccc(Cl)cc4)c3c2=O)CC1. The molecule has 174 valence electrons. The summed E-state index contributed by atoms with van der Waals surface area (Å²) in [6.07, 6.45) is 1.30. The molecule has 5 rings (SSSR count). The highest BCUT2D eigenvalue weighted by Crippen LogP contribution is 2.27. The van der Waals surface area contributed by atoms with Gasteiger partial charge in [-0.1, -0.05) is 41.0 Å². The molecular weight excluding hydrogens is 456 g/mol. The number of piperazine rings is 1. The lowest BCUT2D eigenvalue weighted by Gasteiger charge is -2.35. The first kappa shape index (κ1) is 22.1. The molecule has 0 bridgehead atoms. The summed E-state index contributed by atoms with van der Waals surface area (Å²) in [4.78, 5) is 34.8. The van der Waals surface area contributed by atoms with Crippen LogP contribution in [0.3, 0.4) is 0 Å². The van der Waals surface area contributed by atoms with E-state index in [2.05, 4.69) is 32.3 Å². The number of anilines is 2. The minimum Gasteiger partial charge on any atom is -0.367 e. The Hall–Kier alpha value is -3.69. The molecular formula is C24H23ClN6O3. The molecule has 2 aromatic carbocycles. The summed E-state index contributed by atoms with van der Waals surface area (Å²) in [6.45, 7) is 3.48. The van der Waals surface area contributed by atoms with Crippen molar-refractivity contribution in [2.75, 3.05) is 43.4 Å². The quantitative estimate of drug-likeness (QED) is 0.470. The molecule has 1 saturated heterocycles. The smallest absolute Gasteiger partial charge is 0.267 e. The van der Waals surface area contributed by atoms with Crippen LogP contribution in [0.4, 0.5) is 11.4 Å². The second-order valence-corrected chi connectivity index (χ2v) is 8.69. The van der Waals surface area contributed by atoms with Crippen molar-refractivity contribution in [1.82, 2.24) is 19.6 Å². The maximum absolute atomic E-state index is 13.2. The van der Waals surface area contributed by atoms with Crippen LogP contribution < -0.4 is 15.8 Å². The normalized spacial score (nSPS) is 14.5. The molecule has 1 N–H and O–H groups in total. The topological polar surface area (TPSA) is 96.5 Å². The van der Waals surface area contributed by atoms with Crippen molar-refractivity contribution in [2.24, 2.45) is 0 Å². The first-order chi connectivity index (χ1) is 16.5. The number of para-hydroxylation sites is 2. The number of benzene rings is 2. The maximum atomic E-state index is 13.2. The lowest BCUT2D eigenvalue weighted by Crippen LogP contribution is -2.44. The van der Waals surface area contributed by atoms with E-state index in [1.165, 1.54) is 10.9 Å². The zero-order chi connectivity index (χ0) is 23.7. The van der Waals surface area contributed by atoms with Gasteiger partial charge in [-0.05, 0) is 31.3 Å². The summed E-state index contributed by atoms with van der Waals surface area (Å²) in [7, 11) is 2.10. The van der Waals surface area contributed by atoms with Gasteiger partial charge in [0.2, 0.25) is 5.91 Å². The van der Waals surface area contributed by atoms with Crippen LogP contribution in [0.15, 0.2) is 64.2 Å². The molecule has 0 radical (unpaired) electrons. The third kappa shape index (κ3) is 4.40. The minimum absolute atomic E-state index is 0.118. The molecule has 1 aliphatic heterocycles. The van der Waals surface area contributed by atoms with Gasteiger partial charge in [0.05, 0.1) is 11.4 Å². The third-order valence-corrected chi connectivity index (χ3v) is 6.17. The number of hydrogen-bond acceptors (Lipinski definition) is 7. The summed E-state index contributed by atoms with van der Waals surface area (Å²) >= 11 is 5.97. The van der Waals surface area contributed by atoms with Crippen molar-refractivity contribution < 1.29 is 9.32 Å². The van der Waals surface area contributed by atoms with Crippen LogP contribution in [0.5, 0.6) is 0 Å². The van der Waals surface area contributed by atoms with Crippen LogP contribution in [0.25, 0.3) is 22.4 Å². The van der Waals surface area contributed by atoms with E-state index in [0.29, 0.717) is 22.0 Å². The molecule has 34 heavy (non-hydrogen) atoms. The number of rotatable bonds is 5. The Kier molecular flexibility index (Phi) is 6.04. The standard InChI is InChI=1S/C24H23ClN6O3/c1-29-10-12-30(13-11-29)19-5-3-2-4-18(19)27-20(32)14-31-15-26-23-21(24(31)33)22(28-34-23)16-6-8-17(25)9-7-16/h2-9,15H,10-14H2,1H3,(H,27,32). The second kappa shape index (κ2) is 9.28. The average molecular weight is 479 g/mol. The average Bonchev–Trinajstić information content (AvgIpc) is 3.27. The van der Waals surface area contributed by atoms with Gasteiger partial charge in [-0.2, -0.15) is 0 Å². The zero-order valence-corrected chi connectivity index (χ0v) is 19.3. The van der Waals surface area contributed by atoms with E-state index < -0.39 is 5.56 Å². The summed E-state index contributed by atoms with van der Waals surface area (Å²) in [5, 5.41) is 7.75. The van der Waals surface area contributed by atoms with Crippen molar-refractivity contribution in [1.29, 1.82) is 0 Å². The Morgan fingerprint density at radius 3 is 2.59 bits per heavy atom. The third-order valence-electron chi connectivity index (χ3n) is 5.92. The number of halogens is 1. The van der Waals surface area contributed by atoms with Crippen LogP contribution in [0, 0.1) is 0 Å². The van der Waals surface area contributed by atoms with Gasteiger partial charge in [0, 0.05) is 36.8 Å². The number of hydrogen-bond donors (Lipinski definition) is 1. The second-order valence-electron chi connectivity index (χ2n) is 8.25. The summed E-state index contributed by atoms with van der Waals surface area (Å²) in [5.74, 6) is -0.325. The van der Waals surface area contributed by atoms with Gasteiger partial charge >= 0.3 is 0 Å². The zero-order valence-electron chi connectivity index (χ0n) is 18.6. The van der Waals surface area contributed by atoms with E-state index in [0.717, 1.165) is 31.9 Å². The Balaban J connectivity index is 1.39. The van der Waals surface area contributed by atoms with E-state index in [1.807, 2.05) is 24.3 Å². The van der Waals surface area contributed by atoms with Gasteiger partial charge in [0.15, 0.2) is 0 Å². The minimum atomic E-state index is -0.404. The first-order valence-electron chi connectivity index (χ1n) is 10.9. The van der Waals surface area contributed by atoms with E-state index in [1.54, 1.807) is 24.3 Å². The van der Waals surface area contributed by atoms with Gasteiger partial charge in [-0.3, -0.25) is 14.2 Å². The Morgan fingerprint density at radius 2 is 1.82 bits per heavy atom. The number of nitrogens with one attached hydrogen (secondary N) is 1. The Labute approximate surface area is 200 Å². The predicted molar refractivity (Wildman–Crippen MR) is 131 cm³/mol. The van der Waals surface area contributed by atoms with Gasteiger partial charge in [-0.15, -0.1) is 0 Å². The van der Waals surface area contributed by atoms with E-state index >= 15 is 0 Å². The van der Waals surface area contributed by atoms with Crippen LogP contribution in [0.2, 0.25) is 5.02 Å². The van der Waals surface area contributed by atoms with Crippen LogP contribution in [0.1, 0.15) is 0 Å². The van der Waals surface area contributed by atoms with E-state index in [-0.39, 0.29) is 23.6 Å². The molecule has 1 fully saturated rings. The molecule has 0 atom stereocenters. The lowest BCUT2D eigenvalue weighted by molar-refractivity contribution is -0.116. The van der Waals surface area contributed by atoms with Crippen molar-refractivity contribution in [3.8, 4) is 11.3 Å². The number of nitrogens with zero attached hydrogens (tertiary/aromatic N) is 5. The molecule has 4 aromatic rings. The molecule has 9 nitrogen and oxygen atoms in total. The highest BCUT2D eigenvalue weighted by molar-refractivity contribution is 6.30. The van der Waals surface area contributed by atoms with Crippen molar-refractivity contribution in [3.63, 3.8) is 0 Å². The molecule has 1 aliphatic rings. The monoisotopic (exact) mass is 478 g/mol. The largest absolute Gasteiger partial charge is 0.367 e. The fourth-order valence-electron chi connectivity index (χ4n) is 4.04. The molecule has 0 saturated carbocycles. The van der Waals surface area contributed by atoms with Gasteiger partial charge in [0.25, 0.3) is 11.3 Å². The van der Waals surface area contributed by atoms with Crippen LogP contribution >= 0.6 is 11.6 Å². The Morgan fingerprint density at radius 1 is 1.09 bits per heavy atom. The van der Waals surface area contributed by atoms with Crippen molar-refractivity contribution >= 4 is 40.0 Å². The van der Waals surface area contributed by atoms with Gasteiger partial charge < -0.3 is 19.6 Å². The fraction of sp³-hybridized carbons (Fsp3) is 0.250. The fourth-order valence-corrected chi connectivity index (χ4v) is 4.17. The molecule has 3 heterocycles. The summed E-state index contributed by atoms with van der Waals surface area (Å²) < 4.78 is 6.50. The number of likely N-dealkylation sites (N-methyl/N-ethyl adjacent to an activating group) is 1. The van der Waals surface area contributed by atoms with Gasteiger partial charge in [0.1, 0.15) is 24.0 Å². The molecule has 0 spiro atoms. The number of carbonyl (C=O) groups excluding carboxylic acids is 1.